The van der Waals surface area contributed by atoms with Crippen LogP contribution in [0.2, 0.25) is 0 Å². The highest BCUT2D eigenvalue weighted by molar-refractivity contribution is 7.87. The summed E-state index contributed by atoms with van der Waals surface area (Å²) in [5.41, 5.74) is 0.226. The van der Waals surface area contributed by atoms with Gasteiger partial charge < -0.3 is 23.0 Å². The first-order valence-electron chi connectivity index (χ1n) is 12.3. The molecule has 4 aromatic rings. The molecule has 3 aromatic carbocycles. The van der Waals surface area contributed by atoms with E-state index in [2.05, 4.69) is 0 Å². The van der Waals surface area contributed by atoms with Gasteiger partial charge in [0.2, 0.25) is 5.91 Å². The largest absolute Gasteiger partial charge is 0.493 e. The molecule has 0 spiro atoms. The van der Waals surface area contributed by atoms with Crippen molar-refractivity contribution >= 4 is 16.0 Å². The van der Waals surface area contributed by atoms with Gasteiger partial charge in [-0.15, -0.1) is 0 Å². The maximum atomic E-state index is 13.1. The van der Waals surface area contributed by atoms with Crippen LogP contribution >= 0.6 is 0 Å². The highest BCUT2D eigenvalue weighted by Gasteiger charge is 2.32. The minimum atomic E-state index is -4.74. The lowest BCUT2D eigenvalue weighted by atomic mass is 10.2. The zero-order chi connectivity index (χ0) is 29.5. The lowest BCUT2D eigenvalue weighted by molar-refractivity contribution is -0.138. The molecule has 41 heavy (non-hydrogen) atoms. The molecule has 0 radical (unpaired) electrons. The Morgan fingerprint density at radius 2 is 1.66 bits per heavy atom. The van der Waals surface area contributed by atoms with Crippen LogP contribution < -0.4 is 8.92 Å². The maximum absolute atomic E-state index is 13.1. The molecule has 0 aliphatic rings. The van der Waals surface area contributed by atoms with E-state index in [0.29, 0.717) is 17.4 Å². The molecule has 0 N–H and O–H groups in total. The first-order valence-corrected chi connectivity index (χ1v) is 13.7. The second kappa shape index (κ2) is 12.9. The summed E-state index contributed by atoms with van der Waals surface area (Å²) in [6, 6.07) is 20.3. The molecule has 1 heterocycles. The number of benzene rings is 3. The molecule has 0 aliphatic heterocycles. The van der Waals surface area contributed by atoms with Crippen molar-refractivity contribution in [2.24, 2.45) is 0 Å². The fraction of sp³-hybridized carbons (Fsp3) is 0.207. The van der Waals surface area contributed by atoms with Gasteiger partial charge in [0.05, 0.1) is 32.1 Å². The lowest BCUT2D eigenvalue weighted by Crippen LogP contribution is -2.33. The average molecular weight is 590 g/mol. The quantitative estimate of drug-likeness (QED) is 0.192. The monoisotopic (exact) mass is 589 g/mol. The number of amides is 1. The summed E-state index contributed by atoms with van der Waals surface area (Å²) < 4.78 is 86.6. The fourth-order valence-electron chi connectivity index (χ4n) is 3.84. The number of carbonyl (C=O) groups excluding carboxylic acids is 1. The van der Waals surface area contributed by atoms with Gasteiger partial charge in [0.1, 0.15) is 17.3 Å². The van der Waals surface area contributed by atoms with E-state index in [4.69, 9.17) is 18.1 Å². The Morgan fingerprint density at radius 1 is 0.878 bits per heavy atom. The second-order valence-corrected chi connectivity index (χ2v) is 10.4. The van der Waals surface area contributed by atoms with Crippen LogP contribution in [0, 0.1) is 0 Å². The van der Waals surface area contributed by atoms with Gasteiger partial charge in [-0.2, -0.15) is 21.6 Å². The molecule has 12 heteroatoms. The van der Waals surface area contributed by atoms with E-state index in [1.165, 1.54) is 30.4 Å². The fourth-order valence-corrected chi connectivity index (χ4v) is 4.82. The number of halogens is 3. The van der Waals surface area contributed by atoms with Crippen molar-refractivity contribution in [2.75, 3.05) is 13.7 Å². The van der Waals surface area contributed by atoms with Crippen molar-refractivity contribution in [1.29, 1.82) is 0 Å². The summed E-state index contributed by atoms with van der Waals surface area (Å²) in [5, 5.41) is 0. The van der Waals surface area contributed by atoms with E-state index in [9.17, 15) is 26.4 Å². The Hall–Kier alpha value is -4.29. The smallest absolute Gasteiger partial charge is 0.416 e. The third-order valence-electron chi connectivity index (χ3n) is 5.87. The van der Waals surface area contributed by atoms with Gasteiger partial charge in [-0.1, -0.05) is 42.5 Å². The SMILES string of the molecule is COc1ccc(CN(Cc2ccco2)C(=O)COCc2ccccc2)cc1OS(=O)(=O)c1cccc(C(F)(F)F)c1. The third-order valence-corrected chi connectivity index (χ3v) is 7.10. The van der Waals surface area contributed by atoms with E-state index < -0.39 is 26.8 Å². The molecule has 0 atom stereocenters. The average Bonchev–Trinajstić information content (AvgIpc) is 3.46. The summed E-state index contributed by atoms with van der Waals surface area (Å²) in [6.45, 7) is 0.123. The van der Waals surface area contributed by atoms with Gasteiger partial charge in [0.15, 0.2) is 11.5 Å². The summed E-state index contributed by atoms with van der Waals surface area (Å²) >= 11 is 0. The number of furan rings is 1. The molecular formula is C29H26F3NO7S. The highest BCUT2D eigenvalue weighted by Crippen LogP contribution is 2.34. The van der Waals surface area contributed by atoms with Crippen LogP contribution in [-0.4, -0.2) is 32.9 Å². The zero-order valence-electron chi connectivity index (χ0n) is 21.8. The number of alkyl halides is 3. The summed E-state index contributed by atoms with van der Waals surface area (Å²) in [4.78, 5) is 13.9. The van der Waals surface area contributed by atoms with Crippen LogP contribution in [0.25, 0.3) is 0 Å². The first-order chi connectivity index (χ1) is 19.5. The minimum absolute atomic E-state index is 0.0121. The number of nitrogens with zero attached hydrogens (tertiary/aromatic N) is 1. The molecule has 1 amide bonds. The Morgan fingerprint density at radius 3 is 2.34 bits per heavy atom. The van der Waals surface area contributed by atoms with Crippen LogP contribution in [-0.2, 0) is 45.5 Å². The van der Waals surface area contributed by atoms with Crippen molar-refractivity contribution in [3.05, 3.63) is 114 Å². The van der Waals surface area contributed by atoms with Crippen molar-refractivity contribution in [2.45, 2.75) is 30.8 Å². The van der Waals surface area contributed by atoms with Crippen LogP contribution in [0.15, 0.2) is 101 Å². The predicted octanol–water partition coefficient (Wildman–Crippen LogP) is 5.82. The molecule has 8 nitrogen and oxygen atoms in total. The van der Waals surface area contributed by atoms with E-state index >= 15 is 0 Å². The summed E-state index contributed by atoms with van der Waals surface area (Å²) in [6.07, 6.45) is -3.26. The Kier molecular flexibility index (Phi) is 9.35. The normalized spacial score (nSPS) is 11.7. The van der Waals surface area contributed by atoms with Gasteiger partial charge in [0, 0.05) is 6.54 Å². The molecule has 0 fully saturated rings. The van der Waals surface area contributed by atoms with E-state index in [1.807, 2.05) is 30.3 Å². The van der Waals surface area contributed by atoms with Crippen LogP contribution in [0.3, 0.4) is 0 Å². The van der Waals surface area contributed by atoms with E-state index in [-0.39, 0.29) is 43.7 Å². The number of hydrogen-bond donors (Lipinski definition) is 0. The number of hydrogen-bond acceptors (Lipinski definition) is 7. The molecular weight excluding hydrogens is 563 g/mol. The van der Waals surface area contributed by atoms with E-state index in [0.717, 1.165) is 23.8 Å². The number of rotatable bonds is 12. The Balaban J connectivity index is 1.54. The Bertz CT molecular complexity index is 1560. The molecule has 0 aliphatic carbocycles. The molecule has 0 saturated heterocycles. The van der Waals surface area contributed by atoms with Crippen LogP contribution in [0.1, 0.15) is 22.5 Å². The molecule has 0 bridgehead atoms. The molecule has 0 unspecified atom stereocenters. The minimum Gasteiger partial charge on any atom is -0.493 e. The molecule has 4 rings (SSSR count). The highest BCUT2D eigenvalue weighted by atomic mass is 32.2. The zero-order valence-corrected chi connectivity index (χ0v) is 22.7. The van der Waals surface area contributed by atoms with Gasteiger partial charge in [-0.05, 0) is 53.6 Å². The Labute approximate surface area is 235 Å². The lowest BCUT2D eigenvalue weighted by Gasteiger charge is -2.22. The van der Waals surface area contributed by atoms with E-state index in [1.54, 1.807) is 18.2 Å². The topological polar surface area (TPSA) is 95.3 Å². The van der Waals surface area contributed by atoms with Crippen LogP contribution in [0.4, 0.5) is 13.2 Å². The van der Waals surface area contributed by atoms with Crippen molar-refractivity contribution in [3.8, 4) is 11.5 Å². The predicted molar refractivity (Wildman–Crippen MR) is 141 cm³/mol. The maximum Gasteiger partial charge on any atom is 0.416 e. The third kappa shape index (κ3) is 8.12. The number of methoxy groups -OCH3 is 1. The van der Waals surface area contributed by atoms with Gasteiger partial charge >= 0.3 is 16.3 Å². The van der Waals surface area contributed by atoms with Crippen LogP contribution in [0.5, 0.6) is 11.5 Å². The molecule has 1 aromatic heterocycles. The summed E-state index contributed by atoms with van der Waals surface area (Å²) in [5.74, 6) is -0.0710. The second-order valence-electron chi connectivity index (χ2n) is 8.86. The van der Waals surface area contributed by atoms with Crippen molar-refractivity contribution < 1.29 is 44.5 Å². The van der Waals surface area contributed by atoms with Gasteiger partial charge in [-0.25, -0.2) is 0 Å². The van der Waals surface area contributed by atoms with Gasteiger partial charge in [0.25, 0.3) is 0 Å². The standard InChI is InChI=1S/C29H26F3NO7S/c1-37-26-13-12-22(15-27(26)40-41(35,36)25-11-5-9-23(16-25)29(30,31)32)17-33(18-24-10-6-14-39-24)28(34)20-38-19-21-7-3-2-4-8-21/h2-16H,17-20H2,1H3. The molecule has 0 saturated carbocycles. The number of carbonyl (C=O) groups is 1. The van der Waals surface area contributed by atoms with Crippen molar-refractivity contribution in [1.82, 2.24) is 4.90 Å². The molecule has 216 valence electrons. The van der Waals surface area contributed by atoms with Gasteiger partial charge in [-0.3, -0.25) is 4.79 Å². The first kappa shape index (κ1) is 29.7. The van der Waals surface area contributed by atoms with Crippen molar-refractivity contribution in [3.63, 3.8) is 0 Å². The summed E-state index contributed by atoms with van der Waals surface area (Å²) in [7, 11) is -3.38. The number of ether oxygens (including phenoxy) is 2.